The summed E-state index contributed by atoms with van der Waals surface area (Å²) in [4.78, 5) is 0. The van der Waals surface area contributed by atoms with Crippen LogP contribution < -0.4 is 0 Å². The van der Waals surface area contributed by atoms with Gasteiger partial charge in [-0.05, 0) is 37.0 Å². The van der Waals surface area contributed by atoms with Gasteiger partial charge in [0.1, 0.15) is 0 Å². The SMILES string of the molecule is O=S(=O)(OCCOCCCCCCc1ccc(Cl)cc1)C(F)(F)F. The van der Waals surface area contributed by atoms with Crippen molar-refractivity contribution < 1.29 is 30.5 Å². The van der Waals surface area contributed by atoms with E-state index in [4.69, 9.17) is 16.3 Å². The number of aryl methyl sites for hydroxylation is 1. The third kappa shape index (κ3) is 8.32. The average Bonchev–Trinajstić information content (AvgIpc) is 2.49. The van der Waals surface area contributed by atoms with Crippen molar-refractivity contribution >= 4 is 21.7 Å². The Kier molecular flexibility index (Phi) is 9.04. The fourth-order valence-electron chi connectivity index (χ4n) is 1.91. The molecule has 0 N–H and O–H groups in total. The minimum Gasteiger partial charge on any atom is -0.379 e. The summed E-state index contributed by atoms with van der Waals surface area (Å²) in [5, 5.41) is 0.711. The van der Waals surface area contributed by atoms with Crippen molar-refractivity contribution in [2.24, 2.45) is 0 Å². The van der Waals surface area contributed by atoms with E-state index in [2.05, 4.69) is 4.18 Å². The molecule has 138 valence electrons. The van der Waals surface area contributed by atoms with Gasteiger partial charge in [-0.2, -0.15) is 21.6 Å². The summed E-state index contributed by atoms with van der Waals surface area (Å²) >= 11 is 5.80. The number of ether oxygens (including phenoxy) is 1. The molecule has 0 amide bonds. The summed E-state index contributed by atoms with van der Waals surface area (Å²) in [7, 11) is -5.52. The Balaban J connectivity index is 1.97. The molecular weight excluding hydrogens is 369 g/mol. The molecule has 0 saturated heterocycles. The molecular formula is C15H20ClF3O4S. The number of benzene rings is 1. The Labute approximate surface area is 145 Å². The molecule has 1 aromatic rings. The van der Waals surface area contributed by atoms with Crippen LogP contribution in [0.1, 0.15) is 31.2 Å². The van der Waals surface area contributed by atoms with Crippen LogP contribution in [-0.2, 0) is 25.5 Å². The van der Waals surface area contributed by atoms with E-state index in [1.807, 2.05) is 24.3 Å². The molecule has 0 spiro atoms. The maximum Gasteiger partial charge on any atom is 0.523 e. The van der Waals surface area contributed by atoms with E-state index in [-0.39, 0.29) is 6.61 Å². The smallest absolute Gasteiger partial charge is 0.379 e. The van der Waals surface area contributed by atoms with Crippen molar-refractivity contribution in [2.75, 3.05) is 19.8 Å². The van der Waals surface area contributed by atoms with Gasteiger partial charge in [-0.15, -0.1) is 0 Å². The van der Waals surface area contributed by atoms with E-state index >= 15 is 0 Å². The van der Waals surface area contributed by atoms with Crippen molar-refractivity contribution in [1.29, 1.82) is 0 Å². The Morgan fingerprint density at radius 3 is 2.17 bits per heavy atom. The van der Waals surface area contributed by atoms with Crippen molar-refractivity contribution in [3.63, 3.8) is 0 Å². The average molecular weight is 389 g/mol. The lowest BCUT2D eigenvalue weighted by atomic mass is 10.1. The first-order valence-corrected chi connectivity index (χ1v) is 9.29. The standard InChI is InChI=1S/C15H20ClF3O4S/c16-14-8-6-13(7-9-14)5-3-1-2-4-10-22-11-12-23-24(20,21)15(17,18)19/h6-9H,1-5,10-12H2. The van der Waals surface area contributed by atoms with E-state index in [0.29, 0.717) is 11.6 Å². The Morgan fingerprint density at radius 2 is 1.54 bits per heavy atom. The molecule has 1 rings (SSSR count). The van der Waals surface area contributed by atoms with Gasteiger partial charge in [0, 0.05) is 11.6 Å². The lowest BCUT2D eigenvalue weighted by molar-refractivity contribution is -0.0555. The second-order valence-corrected chi connectivity index (χ2v) is 7.17. The number of alkyl halides is 3. The van der Waals surface area contributed by atoms with Crippen molar-refractivity contribution in [3.8, 4) is 0 Å². The highest BCUT2D eigenvalue weighted by molar-refractivity contribution is 7.87. The number of halogens is 4. The van der Waals surface area contributed by atoms with Crippen LogP contribution in [0.4, 0.5) is 13.2 Å². The van der Waals surface area contributed by atoms with E-state index in [0.717, 1.165) is 32.1 Å². The van der Waals surface area contributed by atoms with Gasteiger partial charge < -0.3 is 4.74 Å². The minimum atomic E-state index is -5.52. The summed E-state index contributed by atoms with van der Waals surface area (Å²) in [6.07, 6.45) is 4.67. The van der Waals surface area contributed by atoms with Crippen molar-refractivity contribution in [3.05, 3.63) is 34.9 Å². The van der Waals surface area contributed by atoms with Crippen LogP contribution in [-0.4, -0.2) is 33.7 Å². The quantitative estimate of drug-likeness (QED) is 0.322. The number of hydrogen-bond donors (Lipinski definition) is 0. The lowest BCUT2D eigenvalue weighted by Crippen LogP contribution is -2.26. The zero-order chi connectivity index (χ0) is 18.1. The van der Waals surface area contributed by atoms with Gasteiger partial charge in [0.05, 0.1) is 13.2 Å². The Bertz CT molecular complexity index is 573. The molecule has 0 aliphatic carbocycles. The fraction of sp³-hybridized carbons (Fsp3) is 0.600. The van der Waals surface area contributed by atoms with Crippen molar-refractivity contribution in [1.82, 2.24) is 0 Å². The lowest BCUT2D eigenvalue weighted by Gasteiger charge is -2.08. The third-order valence-corrected chi connectivity index (χ3v) is 4.46. The van der Waals surface area contributed by atoms with Gasteiger partial charge in [0.25, 0.3) is 0 Å². The third-order valence-electron chi connectivity index (χ3n) is 3.17. The minimum absolute atomic E-state index is 0.194. The molecule has 0 saturated carbocycles. The van der Waals surface area contributed by atoms with Gasteiger partial charge in [-0.3, -0.25) is 4.18 Å². The molecule has 1 aromatic carbocycles. The normalized spacial score (nSPS) is 12.5. The number of hydrogen-bond acceptors (Lipinski definition) is 4. The predicted octanol–water partition coefficient (Wildman–Crippen LogP) is 4.33. The summed E-state index contributed by atoms with van der Waals surface area (Å²) < 4.78 is 65.9. The molecule has 0 atom stereocenters. The van der Waals surface area contributed by atoms with Gasteiger partial charge in [-0.25, -0.2) is 0 Å². The number of rotatable bonds is 11. The summed E-state index contributed by atoms with van der Waals surface area (Å²) in [6, 6.07) is 7.68. The molecule has 0 aliphatic rings. The molecule has 0 unspecified atom stereocenters. The van der Waals surface area contributed by atoms with Crippen LogP contribution in [0, 0.1) is 0 Å². The van der Waals surface area contributed by atoms with Crippen LogP contribution in [0.5, 0.6) is 0 Å². The Morgan fingerprint density at radius 1 is 0.917 bits per heavy atom. The second-order valence-electron chi connectivity index (χ2n) is 5.12. The highest BCUT2D eigenvalue weighted by atomic mass is 35.5. The molecule has 9 heteroatoms. The first-order valence-electron chi connectivity index (χ1n) is 7.50. The van der Waals surface area contributed by atoms with Crippen LogP contribution in [0.3, 0.4) is 0 Å². The van der Waals surface area contributed by atoms with E-state index in [9.17, 15) is 21.6 Å². The molecule has 0 bridgehead atoms. The van der Waals surface area contributed by atoms with Gasteiger partial charge in [0.15, 0.2) is 0 Å². The number of unbranched alkanes of at least 4 members (excludes halogenated alkanes) is 3. The molecule has 0 aliphatic heterocycles. The molecule has 0 aromatic heterocycles. The van der Waals surface area contributed by atoms with Crippen LogP contribution in [0.2, 0.25) is 5.02 Å². The van der Waals surface area contributed by atoms with Gasteiger partial charge >= 0.3 is 15.6 Å². The molecule has 0 fully saturated rings. The maximum atomic E-state index is 12.0. The fourth-order valence-corrected chi connectivity index (χ4v) is 2.46. The van der Waals surface area contributed by atoms with Gasteiger partial charge in [-0.1, -0.05) is 36.6 Å². The van der Waals surface area contributed by atoms with Crippen molar-refractivity contribution in [2.45, 2.75) is 37.6 Å². The summed E-state index contributed by atoms with van der Waals surface area (Å²) in [5.74, 6) is 0. The highest BCUT2D eigenvalue weighted by Gasteiger charge is 2.47. The first-order chi connectivity index (χ1) is 11.2. The molecule has 24 heavy (non-hydrogen) atoms. The van der Waals surface area contributed by atoms with Gasteiger partial charge in [0.2, 0.25) is 0 Å². The first kappa shape index (κ1) is 21.2. The van der Waals surface area contributed by atoms with Crippen LogP contribution >= 0.6 is 11.6 Å². The molecule has 0 heterocycles. The predicted molar refractivity (Wildman–Crippen MR) is 85.4 cm³/mol. The molecule has 4 nitrogen and oxygen atoms in total. The van der Waals surface area contributed by atoms with Crippen LogP contribution in [0.25, 0.3) is 0 Å². The largest absolute Gasteiger partial charge is 0.523 e. The second kappa shape index (κ2) is 10.2. The topological polar surface area (TPSA) is 52.6 Å². The Hall–Kier alpha value is -0.830. The zero-order valence-corrected chi connectivity index (χ0v) is 14.6. The van der Waals surface area contributed by atoms with Crippen LogP contribution in [0.15, 0.2) is 24.3 Å². The molecule has 0 radical (unpaired) electrons. The van der Waals surface area contributed by atoms with E-state index in [1.165, 1.54) is 5.56 Å². The summed E-state index contributed by atoms with van der Waals surface area (Å²) in [6.45, 7) is -0.477. The highest BCUT2D eigenvalue weighted by Crippen LogP contribution is 2.24. The maximum absolute atomic E-state index is 12.0. The zero-order valence-electron chi connectivity index (χ0n) is 13.0. The van der Waals surface area contributed by atoms with E-state index in [1.54, 1.807) is 0 Å². The monoisotopic (exact) mass is 388 g/mol. The summed E-state index contributed by atoms with van der Waals surface area (Å²) in [5.41, 5.74) is -4.17. The van der Waals surface area contributed by atoms with E-state index < -0.39 is 22.2 Å².